The lowest BCUT2D eigenvalue weighted by Crippen LogP contribution is -2.30. The number of aldehydes is 1. The Kier molecular flexibility index (Phi) is 5.75. The first kappa shape index (κ1) is 16.7. The molecule has 3 nitrogen and oxygen atoms in total. The zero-order chi connectivity index (χ0) is 16.1. The number of furan rings is 1. The quantitative estimate of drug-likeness (QED) is 0.590. The van der Waals surface area contributed by atoms with Crippen molar-refractivity contribution in [1.29, 1.82) is 0 Å². The smallest absolute Gasteiger partial charge is 0.142 e. The van der Waals surface area contributed by atoms with Crippen LogP contribution in [0.3, 0.4) is 0 Å². The van der Waals surface area contributed by atoms with Crippen LogP contribution in [0.15, 0.2) is 51.9 Å². The molecule has 1 aliphatic heterocycles. The van der Waals surface area contributed by atoms with E-state index >= 15 is 0 Å². The monoisotopic (exact) mass is 361 g/mol. The van der Waals surface area contributed by atoms with E-state index in [4.69, 9.17) is 9.21 Å². The number of fused-ring (bicyclic) bond motifs is 1. The molecule has 2 heterocycles. The summed E-state index contributed by atoms with van der Waals surface area (Å²) in [5, 5.41) is 0. The molecule has 0 radical (unpaired) electrons. The van der Waals surface area contributed by atoms with Gasteiger partial charge in [-0.2, -0.15) is 0 Å². The van der Waals surface area contributed by atoms with Gasteiger partial charge in [0, 0.05) is 22.5 Å². The van der Waals surface area contributed by atoms with E-state index in [0.717, 1.165) is 24.6 Å². The standard InChI is InChI=1S/C15H16BrNO.C3H4O/c1-10-7-12-13(8-17(2)9-15(12)18-10)11-5-3-4-6-14(11)16;1-2-3-4/h3-7,13H,8-9H2,1-2H3;2-3H,1H2. The average molecular weight is 362 g/mol. The van der Waals surface area contributed by atoms with E-state index in [0.29, 0.717) is 12.2 Å². The van der Waals surface area contributed by atoms with Crippen LogP contribution in [-0.2, 0) is 11.3 Å². The third kappa shape index (κ3) is 3.76. The van der Waals surface area contributed by atoms with Gasteiger partial charge in [0.2, 0.25) is 0 Å². The lowest BCUT2D eigenvalue weighted by atomic mass is 9.88. The second-order valence-electron chi connectivity index (χ2n) is 5.38. The number of carbonyl (C=O) groups excluding carboxylic acids is 1. The van der Waals surface area contributed by atoms with Crippen LogP contribution >= 0.6 is 15.9 Å². The highest BCUT2D eigenvalue weighted by molar-refractivity contribution is 9.10. The fourth-order valence-corrected chi connectivity index (χ4v) is 3.31. The van der Waals surface area contributed by atoms with E-state index in [1.807, 2.05) is 6.92 Å². The van der Waals surface area contributed by atoms with E-state index in [9.17, 15) is 0 Å². The Balaban J connectivity index is 0.000000396. The van der Waals surface area contributed by atoms with Crippen molar-refractivity contribution in [3.63, 3.8) is 0 Å². The highest BCUT2D eigenvalue weighted by Crippen LogP contribution is 2.37. The summed E-state index contributed by atoms with van der Waals surface area (Å²) < 4.78 is 6.99. The highest BCUT2D eigenvalue weighted by Gasteiger charge is 2.28. The summed E-state index contributed by atoms with van der Waals surface area (Å²) in [5.41, 5.74) is 2.68. The van der Waals surface area contributed by atoms with Crippen molar-refractivity contribution in [2.75, 3.05) is 13.6 Å². The Hall–Kier alpha value is -1.65. The molecule has 0 bridgehead atoms. The van der Waals surface area contributed by atoms with Crippen molar-refractivity contribution >= 4 is 22.2 Å². The van der Waals surface area contributed by atoms with Gasteiger partial charge in [-0.05, 0) is 37.7 Å². The number of rotatable bonds is 2. The molecule has 0 aliphatic carbocycles. The summed E-state index contributed by atoms with van der Waals surface area (Å²) in [7, 11) is 2.14. The number of hydrogen-bond acceptors (Lipinski definition) is 3. The molecule has 4 heteroatoms. The first-order valence-corrected chi connectivity index (χ1v) is 7.94. The molecule has 0 spiro atoms. The molecule has 116 valence electrons. The van der Waals surface area contributed by atoms with Crippen molar-refractivity contribution in [3.05, 3.63) is 70.1 Å². The molecule has 0 fully saturated rings. The molecule has 1 atom stereocenters. The molecule has 1 aliphatic rings. The molecular formula is C18H20BrNO2. The predicted molar refractivity (Wildman–Crippen MR) is 92.0 cm³/mol. The summed E-state index contributed by atoms with van der Waals surface area (Å²) in [5.74, 6) is 2.51. The van der Waals surface area contributed by atoms with Crippen molar-refractivity contribution in [2.45, 2.75) is 19.4 Å². The highest BCUT2D eigenvalue weighted by atomic mass is 79.9. The molecule has 0 amide bonds. The maximum Gasteiger partial charge on any atom is 0.142 e. The second kappa shape index (κ2) is 7.56. The molecule has 1 aromatic carbocycles. The molecule has 1 aromatic heterocycles. The topological polar surface area (TPSA) is 33.5 Å². The third-order valence-corrected chi connectivity index (χ3v) is 4.35. The van der Waals surface area contributed by atoms with E-state index in [1.165, 1.54) is 21.7 Å². The van der Waals surface area contributed by atoms with E-state index < -0.39 is 0 Å². The normalized spacial score (nSPS) is 17.1. The first-order valence-electron chi connectivity index (χ1n) is 7.15. The van der Waals surface area contributed by atoms with Gasteiger partial charge in [-0.1, -0.05) is 40.7 Å². The molecule has 22 heavy (non-hydrogen) atoms. The molecule has 2 aromatic rings. The zero-order valence-corrected chi connectivity index (χ0v) is 14.5. The fourth-order valence-electron chi connectivity index (χ4n) is 2.74. The molecule has 1 unspecified atom stereocenters. The summed E-state index contributed by atoms with van der Waals surface area (Å²) in [6.45, 7) is 7.08. The van der Waals surface area contributed by atoms with Gasteiger partial charge >= 0.3 is 0 Å². The third-order valence-electron chi connectivity index (χ3n) is 3.62. The maximum atomic E-state index is 9.06. The van der Waals surface area contributed by atoms with Gasteiger partial charge in [0.05, 0.1) is 6.54 Å². The van der Waals surface area contributed by atoms with Gasteiger partial charge in [0.1, 0.15) is 17.8 Å². The van der Waals surface area contributed by atoms with E-state index in [-0.39, 0.29) is 0 Å². The number of halogens is 1. The van der Waals surface area contributed by atoms with Gasteiger partial charge in [-0.15, -0.1) is 0 Å². The Morgan fingerprint density at radius 3 is 2.68 bits per heavy atom. The molecule has 0 saturated heterocycles. The van der Waals surface area contributed by atoms with Crippen LogP contribution in [-0.4, -0.2) is 24.8 Å². The van der Waals surface area contributed by atoms with Crippen LogP contribution in [0.4, 0.5) is 0 Å². The lowest BCUT2D eigenvalue weighted by molar-refractivity contribution is -0.104. The van der Waals surface area contributed by atoms with Crippen LogP contribution in [0.2, 0.25) is 0 Å². The summed E-state index contributed by atoms with van der Waals surface area (Å²) in [6, 6.07) is 10.6. The van der Waals surface area contributed by atoms with Crippen LogP contribution < -0.4 is 0 Å². The Bertz CT molecular complexity index is 657. The maximum absolute atomic E-state index is 9.06. The summed E-state index contributed by atoms with van der Waals surface area (Å²) in [6.07, 6.45) is 1.83. The Labute approximate surface area is 139 Å². The largest absolute Gasteiger partial charge is 0.465 e. The van der Waals surface area contributed by atoms with Gasteiger partial charge in [-0.3, -0.25) is 9.69 Å². The number of benzene rings is 1. The fraction of sp³-hybridized carbons (Fsp3) is 0.278. The van der Waals surface area contributed by atoms with E-state index in [1.54, 1.807) is 0 Å². The molecule has 0 N–H and O–H groups in total. The van der Waals surface area contributed by atoms with Crippen LogP contribution in [0.1, 0.15) is 28.6 Å². The zero-order valence-electron chi connectivity index (χ0n) is 12.9. The minimum Gasteiger partial charge on any atom is -0.465 e. The number of hydrogen-bond donors (Lipinski definition) is 0. The number of carbonyl (C=O) groups is 1. The predicted octanol–water partition coefficient (Wildman–Crippen LogP) is 4.30. The first-order chi connectivity index (χ1) is 10.6. The number of likely N-dealkylation sites (N-methyl/N-ethyl adjacent to an activating group) is 1. The Morgan fingerprint density at radius 1 is 1.36 bits per heavy atom. The second-order valence-corrected chi connectivity index (χ2v) is 6.23. The van der Waals surface area contributed by atoms with Crippen LogP contribution in [0.25, 0.3) is 0 Å². The summed E-state index contributed by atoms with van der Waals surface area (Å²) >= 11 is 3.66. The molecule has 3 rings (SSSR count). The lowest BCUT2D eigenvalue weighted by Gasteiger charge is -2.29. The minimum atomic E-state index is 0.395. The van der Waals surface area contributed by atoms with E-state index in [2.05, 4.69) is 64.8 Å². The number of nitrogens with zero attached hydrogens (tertiary/aromatic N) is 1. The number of aryl methyl sites for hydroxylation is 1. The van der Waals surface area contributed by atoms with Gasteiger partial charge in [0.15, 0.2) is 0 Å². The molecule has 0 saturated carbocycles. The average Bonchev–Trinajstić information content (AvgIpc) is 2.87. The van der Waals surface area contributed by atoms with Crippen molar-refractivity contribution in [2.24, 2.45) is 0 Å². The van der Waals surface area contributed by atoms with Crippen molar-refractivity contribution < 1.29 is 9.21 Å². The SMILES string of the molecule is C=CC=O.Cc1cc2c(o1)CN(C)CC2c1ccccc1Br. The summed E-state index contributed by atoms with van der Waals surface area (Å²) in [4.78, 5) is 11.4. The van der Waals surface area contributed by atoms with Crippen molar-refractivity contribution in [3.8, 4) is 0 Å². The van der Waals surface area contributed by atoms with Gasteiger partial charge < -0.3 is 4.42 Å². The minimum absolute atomic E-state index is 0.395. The van der Waals surface area contributed by atoms with Gasteiger partial charge in [0.25, 0.3) is 0 Å². The Morgan fingerprint density at radius 2 is 2.05 bits per heavy atom. The molecular weight excluding hydrogens is 342 g/mol. The van der Waals surface area contributed by atoms with Crippen LogP contribution in [0, 0.1) is 6.92 Å². The number of allylic oxidation sites excluding steroid dienone is 1. The van der Waals surface area contributed by atoms with Crippen LogP contribution in [0.5, 0.6) is 0 Å². The van der Waals surface area contributed by atoms with Gasteiger partial charge in [-0.25, -0.2) is 0 Å². The van der Waals surface area contributed by atoms with Crippen molar-refractivity contribution in [1.82, 2.24) is 4.90 Å².